The Bertz CT molecular complexity index is 1860. The molecule has 3 rings (SSSR count). The second-order valence-electron chi connectivity index (χ2n) is 15.4. The van der Waals surface area contributed by atoms with Crippen LogP contribution in [-0.4, -0.2) is 132 Å². The molecule has 0 aliphatic carbocycles. The highest BCUT2D eigenvalue weighted by atomic mass is 35.5. The number of nitrogens with one attached hydrogen (secondary N) is 4. The number of hydrogen-bond acceptors (Lipinski definition) is 14. The average molecular weight is 886 g/mol. The van der Waals surface area contributed by atoms with Gasteiger partial charge in [-0.15, -0.1) is 0 Å². The van der Waals surface area contributed by atoms with Crippen molar-refractivity contribution in [1.29, 1.82) is 5.41 Å². The van der Waals surface area contributed by atoms with Gasteiger partial charge in [-0.3, -0.25) is 20.3 Å². The SMILES string of the molecule is CCCCCCN(CCCC[C@H](NC(=O)CCc1ccc(-c2ccc(CCCCNC(=N)NC(=O)c3nc(Cl)c(N)nc3N)cc2)cc1)C(=O)O)C[C@H](O)[C@@H](O)[C@H](O)[C@H](O)CO. The minimum Gasteiger partial charge on any atom is -0.480 e. The average Bonchev–Trinajstić information content (AvgIpc) is 3.25. The molecule has 14 N–H and O–H groups in total. The first kappa shape index (κ1) is 51.4. The van der Waals surface area contributed by atoms with Crippen LogP contribution in [0.4, 0.5) is 11.6 Å². The van der Waals surface area contributed by atoms with Crippen LogP contribution in [0.15, 0.2) is 48.5 Å². The number of nitrogens with zero attached hydrogens (tertiary/aromatic N) is 3. The summed E-state index contributed by atoms with van der Waals surface area (Å²) in [6, 6.07) is 15.0. The summed E-state index contributed by atoms with van der Waals surface area (Å²) in [6.07, 6.45) is 1.83. The molecular formula is C43H64ClN9O9. The second kappa shape index (κ2) is 27.2. The number of benzene rings is 2. The molecule has 18 nitrogen and oxygen atoms in total. The van der Waals surface area contributed by atoms with Gasteiger partial charge in [-0.25, -0.2) is 14.8 Å². The van der Waals surface area contributed by atoms with Gasteiger partial charge in [0.1, 0.15) is 24.4 Å². The molecule has 0 aliphatic rings. The zero-order chi connectivity index (χ0) is 45.6. The summed E-state index contributed by atoms with van der Waals surface area (Å²) < 4.78 is 0. The van der Waals surface area contributed by atoms with Crippen LogP contribution in [0, 0.1) is 5.41 Å². The molecule has 1 heterocycles. The van der Waals surface area contributed by atoms with Crippen molar-refractivity contribution in [3.05, 3.63) is 70.5 Å². The lowest BCUT2D eigenvalue weighted by atomic mass is 9.99. The number of aliphatic hydroxyl groups is 5. The minimum absolute atomic E-state index is 0.0224. The van der Waals surface area contributed by atoms with Crippen molar-refractivity contribution in [1.82, 2.24) is 30.8 Å². The summed E-state index contributed by atoms with van der Waals surface area (Å²) in [7, 11) is 0. The van der Waals surface area contributed by atoms with E-state index < -0.39 is 48.9 Å². The molecule has 2 aromatic carbocycles. The monoisotopic (exact) mass is 885 g/mol. The van der Waals surface area contributed by atoms with Crippen molar-refractivity contribution >= 4 is 47.0 Å². The third-order valence-electron chi connectivity index (χ3n) is 10.4. The van der Waals surface area contributed by atoms with Crippen molar-refractivity contribution in [3.8, 4) is 11.1 Å². The summed E-state index contributed by atoms with van der Waals surface area (Å²) in [5.41, 5.74) is 15.1. The third kappa shape index (κ3) is 17.8. The summed E-state index contributed by atoms with van der Waals surface area (Å²) in [5.74, 6) is -2.71. The molecule has 2 amide bonds. The Kier molecular flexibility index (Phi) is 22.5. The number of amides is 2. The quantitative estimate of drug-likeness (QED) is 0.0283. The van der Waals surface area contributed by atoms with Crippen LogP contribution in [0.25, 0.3) is 11.1 Å². The molecule has 0 saturated heterocycles. The molecule has 62 heavy (non-hydrogen) atoms. The van der Waals surface area contributed by atoms with Gasteiger partial charge in [0.25, 0.3) is 5.91 Å². The molecule has 0 saturated carbocycles. The molecule has 0 fully saturated rings. The van der Waals surface area contributed by atoms with Gasteiger partial charge in [0.2, 0.25) is 5.91 Å². The van der Waals surface area contributed by atoms with Crippen molar-refractivity contribution in [2.24, 2.45) is 0 Å². The van der Waals surface area contributed by atoms with Gasteiger partial charge >= 0.3 is 5.97 Å². The number of nitrogen functional groups attached to an aromatic ring is 2. The van der Waals surface area contributed by atoms with Crippen molar-refractivity contribution in [2.45, 2.75) is 114 Å². The number of hydrogen-bond donors (Lipinski definition) is 12. The number of anilines is 2. The lowest BCUT2D eigenvalue weighted by Gasteiger charge is -2.30. The number of carbonyl (C=O) groups excluding carboxylic acids is 2. The highest BCUT2D eigenvalue weighted by Crippen LogP contribution is 2.22. The predicted molar refractivity (Wildman–Crippen MR) is 237 cm³/mol. The van der Waals surface area contributed by atoms with Gasteiger partial charge in [-0.2, -0.15) is 0 Å². The molecule has 3 aromatic rings. The number of aryl methyl sites for hydroxylation is 2. The molecule has 5 atom stereocenters. The van der Waals surface area contributed by atoms with E-state index >= 15 is 0 Å². The maximum absolute atomic E-state index is 12.8. The number of nitrogens with two attached hydrogens (primary N) is 2. The van der Waals surface area contributed by atoms with Crippen LogP contribution in [0.2, 0.25) is 5.15 Å². The zero-order valence-corrected chi connectivity index (χ0v) is 36.1. The Labute approximate surface area is 367 Å². The number of carboxylic acids is 1. The van der Waals surface area contributed by atoms with Crippen LogP contribution in [-0.2, 0) is 22.4 Å². The van der Waals surface area contributed by atoms with Gasteiger partial charge < -0.3 is 57.6 Å². The number of unbranched alkanes of at least 4 members (excludes halogenated alkanes) is 5. The molecule has 1 aromatic heterocycles. The standard InChI is InChI=1S/C43H64ClN9O9/c1-2-3-4-8-23-53(25-32(55)36(58)37(59)33(56)26-54)24-9-6-11-31(42(61)62)49-34(57)21-16-28-14-19-30(20-15-28)29-17-12-27(13-18-29)10-5-7-22-48-43(47)52-41(60)35-39(45)51-40(46)38(44)50-35/h12-15,17-20,31-33,36-37,54-56,58-59H,2-11,16,21-26H2,1H3,(H,49,57)(H,61,62)(H4,45,46,51)(H3,47,48,52,60)/t31-,32-,33+,36+,37+/m0/s1. The normalized spacial score (nSPS) is 13.8. The van der Waals surface area contributed by atoms with Crippen molar-refractivity contribution in [3.63, 3.8) is 0 Å². The van der Waals surface area contributed by atoms with Gasteiger partial charge in [-0.1, -0.05) is 86.3 Å². The van der Waals surface area contributed by atoms with E-state index in [0.717, 1.165) is 67.2 Å². The van der Waals surface area contributed by atoms with Crippen molar-refractivity contribution in [2.75, 3.05) is 44.3 Å². The fourth-order valence-electron chi connectivity index (χ4n) is 6.68. The number of aromatic nitrogens is 2. The van der Waals surface area contributed by atoms with E-state index in [0.29, 0.717) is 38.9 Å². The van der Waals surface area contributed by atoms with Crippen molar-refractivity contribution < 1.29 is 45.0 Å². The third-order valence-corrected chi connectivity index (χ3v) is 10.7. The highest BCUT2D eigenvalue weighted by Gasteiger charge is 2.31. The van der Waals surface area contributed by atoms with E-state index in [1.165, 1.54) is 0 Å². The Balaban J connectivity index is 1.38. The first-order valence-electron chi connectivity index (χ1n) is 21.1. The minimum atomic E-state index is -1.71. The molecule has 342 valence electrons. The summed E-state index contributed by atoms with van der Waals surface area (Å²) in [4.78, 5) is 46.7. The summed E-state index contributed by atoms with van der Waals surface area (Å²) in [5, 5.41) is 75.0. The molecule has 0 bridgehead atoms. The molecule has 19 heteroatoms. The van der Waals surface area contributed by atoms with E-state index in [4.69, 9.17) is 33.6 Å². The molecule has 0 spiro atoms. The summed E-state index contributed by atoms with van der Waals surface area (Å²) >= 11 is 5.82. The Morgan fingerprint density at radius 1 is 0.790 bits per heavy atom. The van der Waals surface area contributed by atoms with Gasteiger partial charge in [0.05, 0.1) is 12.7 Å². The number of carbonyl (C=O) groups is 3. The first-order valence-corrected chi connectivity index (χ1v) is 21.5. The first-order chi connectivity index (χ1) is 29.6. The predicted octanol–water partition coefficient (Wildman–Crippen LogP) is 2.23. The van der Waals surface area contributed by atoms with E-state index in [-0.39, 0.29) is 53.7 Å². The smallest absolute Gasteiger partial charge is 0.326 e. The number of rotatable bonds is 28. The second-order valence-corrected chi connectivity index (χ2v) is 15.7. The number of aliphatic hydroxyl groups excluding tert-OH is 5. The fourth-order valence-corrected chi connectivity index (χ4v) is 6.81. The topological polar surface area (TPSA) is 314 Å². The highest BCUT2D eigenvalue weighted by molar-refractivity contribution is 6.31. The van der Waals surface area contributed by atoms with Gasteiger partial charge in [-0.05, 0) is 86.7 Å². The summed E-state index contributed by atoms with van der Waals surface area (Å²) in [6.45, 7) is 2.93. The van der Waals surface area contributed by atoms with E-state index in [2.05, 4.69) is 45.0 Å². The molecule has 0 aliphatic heterocycles. The number of halogens is 1. The van der Waals surface area contributed by atoms with Crippen LogP contribution >= 0.6 is 11.6 Å². The molecule has 0 unspecified atom stereocenters. The maximum Gasteiger partial charge on any atom is 0.326 e. The largest absolute Gasteiger partial charge is 0.480 e. The van der Waals surface area contributed by atoms with E-state index in [1.807, 2.05) is 41.3 Å². The Morgan fingerprint density at radius 2 is 1.39 bits per heavy atom. The van der Waals surface area contributed by atoms with Crippen LogP contribution in [0.5, 0.6) is 0 Å². The number of carboxylic acid groups (broad SMARTS) is 1. The van der Waals surface area contributed by atoms with E-state index in [1.54, 1.807) is 0 Å². The number of guanidine groups is 1. The lowest BCUT2D eigenvalue weighted by Crippen LogP contribution is -2.50. The Hall–Kier alpha value is -4.95. The lowest BCUT2D eigenvalue weighted by molar-refractivity contribution is -0.142. The number of aliphatic carboxylic acids is 1. The van der Waals surface area contributed by atoms with E-state index in [9.17, 15) is 39.9 Å². The maximum atomic E-state index is 12.8. The van der Waals surface area contributed by atoms with Crippen LogP contribution in [0.3, 0.4) is 0 Å². The van der Waals surface area contributed by atoms with Gasteiger partial charge in [0, 0.05) is 19.5 Å². The van der Waals surface area contributed by atoms with Crippen LogP contribution < -0.4 is 27.4 Å². The van der Waals surface area contributed by atoms with Gasteiger partial charge in [0.15, 0.2) is 28.4 Å². The zero-order valence-electron chi connectivity index (χ0n) is 35.3. The molecule has 0 radical (unpaired) electrons. The molecular weight excluding hydrogens is 822 g/mol. The Morgan fingerprint density at radius 3 is 1.98 bits per heavy atom. The fraction of sp³-hybridized carbons (Fsp3) is 0.535. The van der Waals surface area contributed by atoms with Crippen LogP contribution in [0.1, 0.15) is 92.7 Å².